The summed E-state index contributed by atoms with van der Waals surface area (Å²) in [5.74, 6) is -2.52. The molecule has 1 aromatic carbocycles. The molecule has 1 fully saturated rings. The Hall–Kier alpha value is -2.88. The highest BCUT2D eigenvalue weighted by Gasteiger charge is 2.47. The number of imidazole rings is 1. The number of halogens is 3. The molecule has 4 rings (SSSR count). The van der Waals surface area contributed by atoms with E-state index < -0.39 is 36.1 Å². The molecule has 10 heteroatoms. The van der Waals surface area contributed by atoms with E-state index in [1.54, 1.807) is 16.7 Å². The Morgan fingerprint density at radius 3 is 2.61 bits per heavy atom. The number of hydrogen-bond donors (Lipinski definition) is 2. The first-order valence-corrected chi connectivity index (χ1v) is 13.1. The van der Waals surface area contributed by atoms with Gasteiger partial charge in [0, 0.05) is 22.9 Å². The van der Waals surface area contributed by atoms with E-state index in [1.165, 1.54) is 17.4 Å². The number of rotatable bonds is 8. The summed E-state index contributed by atoms with van der Waals surface area (Å²) in [6.07, 6.45) is -1.90. The van der Waals surface area contributed by atoms with E-state index >= 15 is 0 Å². The Kier molecular flexibility index (Phi) is 7.73. The molecule has 6 nitrogen and oxygen atoms in total. The zero-order chi connectivity index (χ0) is 26.0. The van der Waals surface area contributed by atoms with Crippen molar-refractivity contribution in [3.05, 3.63) is 52.0 Å². The number of amides is 1. The fourth-order valence-corrected chi connectivity index (χ4v) is 5.79. The maximum absolute atomic E-state index is 14.0. The number of hydrogen-bond acceptors (Lipinski definition) is 4. The third-order valence-electron chi connectivity index (χ3n) is 6.73. The van der Waals surface area contributed by atoms with E-state index in [0.717, 1.165) is 4.88 Å². The van der Waals surface area contributed by atoms with Crippen LogP contribution < -0.4 is 5.32 Å². The van der Waals surface area contributed by atoms with Crippen LogP contribution in [0.1, 0.15) is 73.1 Å². The van der Waals surface area contributed by atoms with Crippen LogP contribution in [0.2, 0.25) is 0 Å². The molecule has 0 spiro atoms. The van der Waals surface area contributed by atoms with Gasteiger partial charge in [0.05, 0.1) is 17.0 Å². The first-order valence-electron chi connectivity index (χ1n) is 12.2. The lowest BCUT2D eigenvalue weighted by molar-refractivity contribution is -0.193. The van der Waals surface area contributed by atoms with Crippen molar-refractivity contribution in [1.29, 1.82) is 0 Å². The molecule has 3 aromatic rings. The van der Waals surface area contributed by atoms with E-state index in [2.05, 4.69) is 5.32 Å². The molecule has 2 heterocycles. The number of carbonyl (C=O) groups is 2. The van der Waals surface area contributed by atoms with E-state index in [-0.39, 0.29) is 24.3 Å². The summed E-state index contributed by atoms with van der Waals surface area (Å²) in [6, 6.07) is 6.73. The van der Waals surface area contributed by atoms with Crippen molar-refractivity contribution >= 4 is 34.2 Å². The van der Waals surface area contributed by atoms with E-state index in [0.29, 0.717) is 42.5 Å². The van der Waals surface area contributed by atoms with Gasteiger partial charge in [0.1, 0.15) is 11.9 Å². The highest BCUT2D eigenvalue weighted by atomic mass is 32.1. The maximum atomic E-state index is 14.0. The summed E-state index contributed by atoms with van der Waals surface area (Å²) in [4.78, 5) is 30.1. The molecule has 1 amide bonds. The van der Waals surface area contributed by atoms with Gasteiger partial charge in [-0.25, -0.2) is 9.78 Å². The smallest absolute Gasteiger partial charge is 0.393 e. The molecule has 2 N–H and O–H groups in total. The second-order valence-corrected chi connectivity index (χ2v) is 10.9. The first kappa shape index (κ1) is 26.2. The third-order valence-corrected chi connectivity index (χ3v) is 7.61. The van der Waals surface area contributed by atoms with Crippen LogP contribution in [-0.2, 0) is 11.2 Å². The number of thiophene rings is 1. The number of nitrogens with one attached hydrogen (secondary N) is 1. The van der Waals surface area contributed by atoms with E-state index in [4.69, 9.17) is 4.98 Å². The SMILES string of the molecule is CC(C)C[C@H](NC(=O)c1ccc2c(c1)nc(Cc1cccs1)n2C1CCCCC1C(F)(F)F)C(=O)O. The normalized spacial score (nSPS) is 19.5. The Morgan fingerprint density at radius 2 is 1.97 bits per heavy atom. The van der Waals surface area contributed by atoms with Crippen LogP contribution in [-0.4, -0.2) is 38.8 Å². The Labute approximate surface area is 211 Å². The first-order chi connectivity index (χ1) is 17.0. The minimum atomic E-state index is -4.32. The number of carboxylic acid groups (broad SMARTS) is 1. The van der Waals surface area contributed by atoms with E-state index in [9.17, 15) is 27.9 Å². The van der Waals surface area contributed by atoms with Gasteiger partial charge in [0.15, 0.2) is 0 Å². The highest BCUT2D eigenvalue weighted by molar-refractivity contribution is 7.09. The van der Waals surface area contributed by atoms with E-state index in [1.807, 2.05) is 31.4 Å². The summed E-state index contributed by atoms with van der Waals surface area (Å²) in [5.41, 5.74) is 1.20. The molecule has 1 aliphatic carbocycles. The van der Waals surface area contributed by atoms with Crippen molar-refractivity contribution in [2.24, 2.45) is 11.8 Å². The quantitative estimate of drug-likeness (QED) is 0.369. The molecule has 2 unspecified atom stereocenters. The average molecular weight is 522 g/mol. The van der Waals surface area contributed by atoms with Gasteiger partial charge in [-0.1, -0.05) is 32.8 Å². The molecular formula is C26H30F3N3O3S. The Balaban J connectivity index is 1.73. The van der Waals surface area contributed by atoms with Crippen LogP contribution in [0.15, 0.2) is 35.7 Å². The second-order valence-electron chi connectivity index (χ2n) is 9.85. The summed E-state index contributed by atoms with van der Waals surface area (Å²) < 4.78 is 43.7. The molecule has 0 aliphatic heterocycles. The number of fused-ring (bicyclic) bond motifs is 1. The van der Waals surface area contributed by atoms with Crippen molar-refractivity contribution in [2.75, 3.05) is 0 Å². The summed E-state index contributed by atoms with van der Waals surface area (Å²) in [5, 5.41) is 13.9. The molecule has 1 saturated carbocycles. The Morgan fingerprint density at radius 1 is 1.22 bits per heavy atom. The molecule has 0 bridgehead atoms. The van der Waals surface area contributed by atoms with Gasteiger partial charge >= 0.3 is 12.1 Å². The lowest BCUT2D eigenvalue weighted by atomic mass is 9.83. The number of carbonyl (C=O) groups excluding carboxylic acids is 1. The van der Waals surface area contributed by atoms with Crippen molar-refractivity contribution in [3.8, 4) is 0 Å². The number of alkyl halides is 3. The molecule has 36 heavy (non-hydrogen) atoms. The van der Waals surface area contributed by atoms with Gasteiger partial charge in [-0.05, 0) is 54.8 Å². The van der Waals surface area contributed by atoms with Gasteiger partial charge in [-0.15, -0.1) is 11.3 Å². The molecule has 194 valence electrons. The Bertz CT molecular complexity index is 1220. The van der Waals surface area contributed by atoms with Gasteiger partial charge in [-0.3, -0.25) is 4.79 Å². The van der Waals surface area contributed by atoms with Crippen LogP contribution in [0.5, 0.6) is 0 Å². The number of aromatic nitrogens is 2. The largest absolute Gasteiger partial charge is 0.480 e. The van der Waals surface area contributed by atoms with Crippen molar-refractivity contribution in [3.63, 3.8) is 0 Å². The van der Waals surface area contributed by atoms with Crippen LogP contribution in [0, 0.1) is 11.8 Å². The van der Waals surface area contributed by atoms with Crippen molar-refractivity contribution < 1.29 is 27.9 Å². The molecule has 3 atom stereocenters. The molecular weight excluding hydrogens is 491 g/mol. The monoisotopic (exact) mass is 521 g/mol. The van der Waals surface area contributed by atoms with Crippen LogP contribution in [0.25, 0.3) is 11.0 Å². The minimum absolute atomic E-state index is 0.0708. The minimum Gasteiger partial charge on any atom is -0.480 e. The number of carboxylic acids is 1. The maximum Gasteiger partial charge on any atom is 0.393 e. The lowest BCUT2D eigenvalue weighted by Gasteiger charge is -2.35. The van der Waals surface area contributed by atoms with Gasteiger partial charge in [-0.2, -0.15) is 13.2 Å². The van der Waals surface area contributed by atoms with Gasteiger partial charge < -0.3 is 15.0 Å². The predicted molar refractivity (Wildman–Crippen MR) is 132 cm³/mol. The molecule has 1 aliphatic rings. The topological polar surface area (TPSA) is 84.2 Å². The summed E-state index contributed by atoms with van der Waals surface area (Å²) in [7, 11) is 0. The average Bonchev–Trinajstić information content (AvgIpc) is 3.44. The van der Waals surface area contributed by atoms with Crippen molar-refractivity contribution in [2.45, 2.75) is 70.6 Å². The fourth-order valence-electron chi connectivity index (χ4n) is 5.09. The highest BCUT2D eigenvalue weighted by Crippen LogP contribution is 2.45. The van der Waals surface area contributed by atoms with Crippen LogP contribution >= 0.6 is 11.3 Å². The second kappa shape index (κ2) is 10.6. The lowest BCUT2D eigenvalue weighted by Crippen LogP contribution is -2.41. The number of benzene rings is 1. The number of aliphatic carboxylic acids is 1. The van der Waals surface area contributed by atoms with Gasteiger partial charge in [0.25, 0.3) is 5.91 Å². The van der Waals surface area contributed by atoms with Crippen LogP contribution in [0.4, 0.5) is 13.2 Å². The fraction of sp³-hybridized carbons (Fsp3) is 0.500. The standard InChI is InChI=1S/C26H30F3N3O3S/c1-15(2)12-20(25(34)35)31-24(33)16-9-10-22-19(13-16)30-23(14-17-6-5-11-36-17)32(22)21-8-4-3-7-18(21)26(27,28)29/h5-6,9-11,13,15,18,20-21H,3-4,7-8,12,14H2,1-2H3,(H,31,33)(H,34,35)/t18?,20-,21?/m0/s1. The predicted octanol–water partition coefficient (Wildman–Crippen LogP) is 6.21. The molecule has 0 radical (unpaired) electrons. The third kappa shape index (κ3) is 5.74. The molecule has 2 aromatic heterocycles. The number of nitrogens with zero attached hydrogens (tertiary/aromatic N) is 2. The zero-order valence-corrected chi connectivity index (χ0v) is 21.0. The summed E-state index contributed by atoms with van der Waals surface area (Å²) >= 11 is 1.52. The summed E-state index contributed by atoms with van der Waals surface area (Å²) in [6.45, 7) is 3.74. The van der Waals surface area contributed by atoms with Crippen LogP contribution in [0.3, 0.4) is 0 Å². The van der Waals surface area contributed by atoms with Crippen molar-refractivity contribution in [1.82, 2.24) is 14.9 Å². The molecule has 0 saturated heterocycles. The zero-order valence-electron chi connectivity index (χ0n) is 20.2. The van der Waals surface area contributed by atoms with Gasteiger partial charge in [0.2, 0.25) is 0 Å².